The summed E-state index contributed by atoms with van der Waals surface area (Å²) in [6.45, 7) is 6.42. The van der Waals surface area contributed by atoms with Gasteiger partial charge in [0.2, 0.25) is 0 Å². The average molecular weight is 330 g/mol. The molecule has 4 aliphatic carbocycles. The van der Waals surface area contributed by atoms with Crippen molar-refractivity contribution < 1.29 is 14.7 Å². The van der Waals surface area contributed by atoms with Crippen LogP contribution in [0, 0.1) is 34.5 Å². The van der Waals surface area contributed by atoms with Gasteiger partial charge in [-0.25, -0.2) is 0 Å². The number of aliphatic hydroxyl groups is 1. The van der Waals surface area contributed by atoms with E-state index in [-0.39, 0.29) is 22.5 Å². The maximum absolute atomic E-state index is 12.2. The first-order chi connectivity index (χ1) is 11.3. The van der Waals surface area contributed by atoms with E-state index >= 15 is 0 Å². The van der Waals surface area contributed by atoms with Crippen LogP contribution < -0.4 is 0 Å². The van der Waals surface area contributed by atoms with Gasteiger partial charge in [0, 0.05) is 5.92 Å². The minimum absolute atomic E-state index is 0.0219. The second-order valence-corrected chi connectivity index (χ2v) is 9.41. The molecule has 3 nitrogen and oxygen atoms in total. The highest BCUT2D eigenvalue weighted by atomic mass is 16.3. The van der Waals surface area contributed by atoms with Crippen molar-refractivity contribution in [3.63, 3.8) is 0 Å². The summed E-state index contributed by atoms with van der Waals surface area (Å²) >= 11 is 0. The van der Waals surface area contributed by atoms with Gasteiger partial charge in [0.25, 0.3) is 0 Å². The Hall–Kier alpha value is -0.960. The van der Waals surface area contributed by atoms with Gasteiger partial charge in [-0.3, -0.25) is 9.59 Å². The van der Waals surface area contributed by atoms with Crippen LogP contribution >= 0.6 is 0 Å². The molecule has 0 aromatic heterocycles. The van der Waals surface area contributed by atoms with Crippen molar-refractivity contribution in [3.8, 4) is 0 Å². The molecule has 0 amide bonds. The highest BCUT2D eigenvalue weighted by Gasteiger charge is 2.60. The summed E-state index contributed by atoms with van der Waals surface area (Å²) in [7, 11) is 0. The van der Waals surface area contributed by atoms with Gasteiger partial charge in [-0.2, -0.15) is 0 Å². The zero-order chi connectivity index (χ0) is 17.3. The van der Waals surface area contributed by atoms with Gasteiger partial charge in [-0.05, 0) is 86.5 Å². The van der Waals surface area contributed by atoms with Crippen LogP contribution in [0.3, 0.4) is 0 Å². The molecule has 4 aliphatic rings. The Kier molecular flexibility index (Phi) is 3.62. The molecule has 24 heavy (non-hydrogen) atoms. The largest absolute Gasteiger partial charge is 0.385 e. The van der Waals surface area contributed by atoms with Gasteiger partial charge in [0.05, 0.1) is 0 Å². The predicted octanol–water partition coefficient (Wildman–Crippen LogP) is 3.69. The first-order valence-electron chi connectivity index (χ1n) is 9.71. The molecule has 0 aromatic rings. The van der Waals surface area contributed by atoms with E-state index in [2.05, 4.69) is 13.8 Å². The van der Waals surface area contributed by atoms with E-state index in [1.54, 1.807) is 13.0 Å². The topological polar surface area (TPSA) is 54.4 Å². The second-order valence-electron chi connectivity index (χ2n) is 9.41. The summed E-state index contributed by atoms with van der Waals surface area (Å²) in [6, 6.07) is 0. The third-order valence-electron chi connectivity index (χ3n) is 8.49. The molecule has 0 saturated heterocycles. The van der Waals surface area contributed by atoms with Crippen LogP contribution in [0.15, 0.2) is 11.6 Å². The normalized spacial score (nSPS) is 50.6. The minimum atomic E-state index is -0.820. The van der Waals surface area contributed by atoms with Gasteiger partial charge in [0.1, 0.15) is 11.9 Å². The van der Waals surface area contributed by atoms with Crippen LogP contribution in [-0.4, -0.2) is 22.8 Å². The fourth-order valence-electron chi connectivity index (χ4n) is 7.28. The molecule has 7 unspecified atom stereocenters. The van der Waals surface area contributed by atoms with Crippen LogP contribution in [0.1, 0.15) is 65.7 Å². The molecular formula is C21H30O3. The number of fused-ring (bicyclic) bond motifs is 5. The molecule has 0 bridgehead atoms. The lowest BCUT2D eigenvalue weighted by atomic mass is 9.46. The average Bonchev–Trinajstić information content (AvgIpc) is 2.86. The van der Waals surface area contributed by atoms with Crippen LogP contribution in [0.5, 0.6) is 0 Å². The number of hydrogen-bond acceptors (Lipinski definition) is 3. The van der Waals surface area contributed by atoms with Gasteiger partial charge in [0.15, 0.2) is 5.78 Å². The number of rotatable bonds is 1. The second kappa shape index (κ2) is 5.27. The highest BCUT2D eigenvalue weighted by Crippen LogP contribution is 2.66. The third-order valence-corrected chi connectivity index (χ3v) is 8.49. The van der Waals surface area contributed by atoms with E-state index in [9.17, 15) is 14.7 Å². The number of allylic oxidation sites excluding steroid dienone is 1. The monoisotopic (exact) mass is 330 g/mol. The van der Waals surface area contributed by atoms with Crippen molar-refractivity contribution in [2.45, 2.75) is 71.8 Å². The van der Waals surface area contributed by atoms with E-state index in [1.807, 2.05) is 0 Å². The van der Waals surface area contributed by atoms with Crippen LogP contribution in [0.2, 0.25) is 0 Å². The van der Waals surface area contributed by atoms with Gasteiger partial charge < -0.3 is 5.11 Å². The first-order valence-corrected chi connectivity index (χ1v) is 9.71. The van der Waals surface area contributed by atoms with Crippen molar-refractivity contribution in [3.05, 3.63) is 11.6 Å². The fraction of sp³-hybridized carbons (Fsp3) is 0.810. The summed E-state index contributed by atoms with van der Waals surface area (Å²) in [5, 5.41) is 10.2. The Morgan fingerprint density at radius 1 is 1.17 bits per heavy atom. The predicted molar refractivity (Wildman–Crippen MR) is 92.3 cm³/mol. The molecule has 132 valence electrons. The lowest BCUT2D eigenvalue weighted by Gasteiger charge is -2.58. The molecule has 0 heterocycles. The zero-order valence-electron chi connectivity index (χ0n) is 15.2. The molecule has 1 N–H and O–H groups in total. The molecule has 3 heteroatoms. The van der Waals surface area contributed by atoms with Crippen LogP contribution in [0.25, 0.3) is 0 Å². The Balaban J connectivity index is 1.68. The van der Waals surface area contributed by atoms with Crippen LogP contribution in [-0.2, 0) is 9.59 Å². The van der Waals surface area contributed by atoms with E-state index in [1.165, 1.54) is 12.0 Å². The van der Waals surface area contributed by atoms with Crippen molar-refractivity contribution in [1.82, 2.24) is 0 Å². The maximum atomic E-state index is 12.2. The zero-order valence-corrected chi connectivity index (χ0v) is 15.2. The van der Waals surface area contributed by atoms with Gasteiger partial charge in [-0.15, -0.1) is 0 Å². The van der Waals surface area contributed by atoms with E-state index < -0.39 is 6.10 Å². The molecule has 7 atom stereocenters. The van der Waals surface area contributed by atoms with E-state index in [0.717, 1.165) is 32.1 Å². The third kappa shape index (κ3) is 2.06. The Labute approximate surface area is 144 Å². The lowest BCUT2D eigenvalue weighted by Crippen LogP contribution is -2.52. The molecular weight excluding hydrogens is 300 g/mol. The summed E-state index contributed by atoms with van der Waals surface area (Å²) in [5.41, 5.74) is 1.43. The summed E-state index contributed by atoms with van der Waals surface area (Å²) in [4.78, 5) is 24.1. The maximum Gasteiger partial charge on any atom is 0.184 e. The molecule has 0 aromatic carbocycles. The minimum Gasteiger partial charge on any atom is -0.385 e. The quantitative estimate of drug-likeness (QED) is 0.797. The number of carbonyl (C=O) groups is 2. The highest BCUT2D eigenvalue weighted by molar-refractivity contribution is 5.95. The van der Waals surface area contributed by atoms with Crippen molar-refractivity contribution >= 4 is 11.6 Å². The SMILES string of the molecule is CC(=O)C1CCC2C3CCC4=CC(=O)C(O)CC4(C)C3CCC12C. The number of Topliss-reactive ketones (excluding diaryl/α,β-unsaturated/α-hetero) is 1. The van der Waals surface area contributed by atoms with E-state index in [4.69, 9.17) is 0 Å². The molecule has 0 radical (unpaired) electrons. The summed E-state index contributed by atoms with van der Waals surface area (Å²) < 4.78 is 0. The van der Waals surface area contributed by atoms with E-state index in [0.29, 0.717) is 30.0 Å². The molecule has 3 saturated carbocycles. The number of hydrogen-bond donors (Lipinski definition) is 1. The molecule has 4 rings (SSSR count). The molecule has 0 spiro atoms. The standard InChI is InChI=1S/C21H30O3/c1-12(22)15-6-7-16-14-5-4-13-10-18(23)19(24)11-21(13,3)17(14)8-9-20(15,16)2/h10,14-17,19,24H,4-9,11H2,1-3H3. The Morgan fingerprint density at radius 3 is 2.62 bits per heavy atom. The Bertz CT molecular complexity index is 621. The molecule has 3 fully saturated rings. The summed E-state index contributed by atoms with van der Waals surface area (Å²) in [6.07, 6.45) is 8.17. The van der Waals surface area contributed by atoms with Crippen molar-refractivity contribution in [1.29, 1.82) is 0 Å². The van der Waals surface area contributed by atoms with Gasteiger partial charge in [-0.1, -0.05) is 19.4 Å². The number of carbonyl (C=O) groups excluding carboxylic acids is 2. The van der Waals surface area contributed by atoms with Gasteiger partial charge >= 0.3 is 0 Å². The Morgan fingerprint density at radius 2 is 1.92 bits per heavy atom. The first kappa shape index (κ1) is 16.5. The van der Waals surface area contributed by atoms with Crippen molar-refractivity contribution in [2.75, 3.05) is 0 Å². The molecule has 0 aliphatic heterocycles. The fourth-order valence-corrected chi connectivity index (χ4v) is 7.28. The lowest BCUT2D eigenvalue weighted by molar-refractivity contribution is -0.132. The van der Waals surface area contributed by atoms with Crippen molar-refractivity contribution in [2.24, 2.45) is 34.5 Å². The number of aliphatic hydroxyl groups excluding tert-OH is 1. The van der Waals surface area contributed by atoms with Crippen LogP contribution in [0.4, 0.5) is 0 Å². The number of ketones is 2. The smallest absolute Gasteiger partial charge is 0.184 e. The summed E-state index contributed by atoms with van der Waals surface area (Å²) in [5.74, 6) is 2.36.